The van der Waals surface area contributed by atoms with Gasteiger partial charge in [-0.25, -0.2) is 0 Å². The van der Waals surface area contributed by atoms with Crippen LogP contribution in [0.15, 0.2) is 36.7 Å². The fourth-order valence-corrected chi connectivity index (χ4v) is 1.55. The molecule has 1 aromatic heterocycles. The molecule has 0 unspecified atom stereocenters. The normalized spacial score (nSPS) is 9.82. The first-order valence-electron chi connectivity index (χ1n) is 5.47. The number of nitrogens with one attached hydrogen (secondary N) is 1. The molecule has 0 bridgehead atoms. The van der Waals surface area contributed by atoms with Crippen LogP contribution in [0.25, 0.3) is 0 Å². The maximum Gasteiger partial charge on any atom is 0.101 e. The number of anilines is 1. The Morgan fingerprint density at radius 2 is 2.24 bits per heavy atom. The van der Waals surface area contributed by atoms with Crippen LogP contribution in [0.5, 0.6) is 0 Å². The molecule has 0 spiro atoms. The van der Waals surface area contributed by atoms with E-state index in [4.69, 9.17) is 5.26 Å². The lowest BCUT2D eigenvalue weighted by Crippen LogP contribution is -2.08. The summed E-state index contributed by atoms with van der Waals surface area (Å²) < 4.78 is 1.79. The van der Waals surface area contributed by atoms with Crippen molar-refractivity contribution in [1.82, 2.24) is 15.0 Å². The van der Waals surface area contributed by atoms with Gasteiger partial charge in [0, 0.05) is 19.3 Å². The molecule has 1 N–H and O–H groups in total. The van der Waals surface area contributed by atoms with Crippen LogP contribution in [-0.2, 0) is 6.54 Å². The molecule has 0 fully saturated rings. The zero-order valence-corrected chi connectivity index (χ0v) is 9.37. The standard InChI is InChI=1S/C12H13N5/c13-10-11-4-1-2-5-12(11)14-6-3-8-17-9-7-15-16-17/h1-2,4-5,7,9,14H,3,6,8H2. The molecule has 17 heavy (non-hydrogen) atoms. The SMILES string of the molecule is N#Cc1ccccc1NCCCn1ccnn1. The number of para-hydroxylation sites is 1. The highest BCUT2D eigenvalue weighted by Crippen LogP contribution is 2.13. The van der Waals surface area contributed by atoms with Crippen molar-refractivity contribution in [3.8, 4) is 6.07 Å². The van der Waals surface area contributed by atoms with Crippen molar-refractivity contribution < 1.29 is 0 Å². The van der Waals surface area contributed by atoms with E-state index in [0.29, 0.717) is 5.56 Å². The highest BCUT2D eigenvalue weighted by Gasteiger charge is 1.99. The maximum atomic E-state index is 8.91. The van der Waals surface area contributed by atoms with Gasteiger partial charge in [0.05, 0.1) is 17.4 Å². The van der Waals surface area contributed by atoms with Gasteiger partial charge in [0.15, 0.2) is 0 Å². The van der Waals surface area contributed by atoms with Gasteiger partial charge in [-0.2, -0.15) is 5.26 Å². The zero-order valence-electron chi connectivity index (χ0n) is 9.37. The number of rotatable bonds is 5. The lowest BCUT2D eigenvalue weighted by molar-refractivity contribution is 0.570. The minimum Gasteiger partial charge on any atom is -0.384 e. The Morgan fingerprint density at radius 3 is 3.00 bits per heavy atom. The lowest BCUT2D eigenvalue weighted by Gasteiger charge is -2.07. The van der Waals surface area contributed by atoms with Crippen LogP contribution in [0.2, 0.25) is 0 Å². The Labute approximate surface area is 99.7 Å². The molecule has 0 radical (unpaired) electrons. The average molecular weight is 227 g/mol. The Balaban J connectivity index is 1.80. The highest BCUT2D eigenvalue weighted by molar-refractivity contribution is 5.56. The first-order chi connectivity index (χ1) is 8.40. The molecule has 2 rings (SSSR count). The van der Waals surface area contributed by atoms with E-state index in [1.165, 1.54) is 0 Å². The third kappa shape index (κ3) is 3.05. The summed E-state index contributed by atoms with van der Waals surface area (Å²) in [6.07, 6.45) is 4.44. The van der Waals surface area contributed by atoms with Crippen molar-refractivity contribution >= 4 is 5.69 Å². The first kappa shape index (κ1) is 11.1. The van der Waals surface area contributed by atoms with Gasteiger partial charge in [0.2, 0.25) is 0 Å². The van der Waals surface area contributed by atoms with E-state index in [9.17, 15) is 0 Å². The number of nitriles is 1. The molecule has 0 saturated heterocycles. The molecule has 1 heterocycles. The lowest BCUT2D eigenvalue weighted by atomic mass is 10.2. The van der Waals surface area contributed by atoms with Gasteiger partial charge < -0.3 is 5.32 Å². The molecular formula is C12H13N5. The van der Waals surface area contributed by atoms with Crippen molar-refractivity contribution in [3.05, 3.63) is 42.2 Å². The molecule has 0 aliphatic carbocycles. The third-order valence-corrected chi connectivity index (χ3v) is 2.40. The minimum atomic E-state index is 0.674. The molecular weight excluding hydrogens is 214 g/mol. The van der Waals surface area contributed by atoms with Crippen LogP contribution >= 0.6 is 0 Å². The van der Waals surface area contributed by atoms with E-state index < -0.39 is 0 Å². The Kier molecular flexibility index (Phi) is 3.71. The molecule has 0 amide bonds. The number of nitrogens with zero attached hydrogens (tertiary/aromatic N) is 4. The molecule has 0 aliphatic heterocycles. The summed E-state index contributed by atoms with van der Waals surface area (Å²) in [4.78, 5) is 0. The van der Waals surface area contributed by atoms with Crippen molar-refractivity contribution in [3.63, 3.8) is 0 Å². The van der Waals surface area contributed by atoms with E-state index in [1.807, 2.05) is 24.4 Å². The van der Waals surface area contributed by atoms with Crippen molar-refractivity contribution in [2.24, 2.45) is 0 Å². The Hall–Kier alpha value is -2.35. The van der Waals surface area contributed by atoms with E-state index in [-0.39, 0.29) is 0 Å². The second-order valence-corrected chi connectivity index (χ2v) is 3.60. The van der Waals surface area contributed by atoms with Gasteiger partial charge >= 0.3 is 0 Å². The molecule has 0 aliphatic rings. The van der Waals surface area contributed by atoms with Crippen LogP contribution in [-0.4, -0.2) is 21.5 Å². The summed E-state index contributed by atoms with van der Waals surface area (Å²) in [5.74, 6) is 0. The Bertz CT molecular complexity index is 498. The van der Waals surface area contributed by atoms with E-state index >= 15 is 0 Å². The summed E-state index contributed by atoms with van der Waals surface area (Å²) in [6.45, 7) is 1.63. The van der Waals surface area contributed by atoms with Gasteiger partial charge in [-0.3, -0.25) is 4.68 Å². The van der Waals surface area contributed by atoms with Crippen LogP contribution in [0.1, 0.15) is 12.0 Å². The topological polar surface area (TPSA) is 66.5 Å². The van der Waals surface area contributed by atoms with Crippen molar-refractivity contribution in [2.45, 2.75) is 13.0 Å². The summed E-state index contributed by atoms with van der Waals surface area (Å²) in [6, 6.07) is 9.65. The van der Waals surface area contributed by atoms with Crippen molar-refractivity contribution in [2.75, 3.05) is 11.9 Å². The van der Waals surface area contributed by atoms with E-state index in [0.717, 1.165) is 25.2 Å². The van der Waals surface area contributed by atoms with Crippen molar-refractivity contribution in [1.29, 1.82) is 5.26 Å². The summed E-state index contributed by atoms with van der Waals surface area (Å²) in [5.41, 5.74) is 1.56. The molecule has 86 valence electrons. The summed E-state index contributed by atoms with van der Waals surface area (Å²) in [5, 5.41) is 19.8. The Morgan fingerprint density at radius 1 is 1.35 bits per heavy atom. The molecule has 0 saturated carbocycles. The number of hydrogen-bond acceptors (Lipinski definition) is 4. The van der Waals surface area contributed by atoms with Gasteiger partial charge in [0.1, 0.15) is 6.07 Å². The van der Waals surface area contributed by atoms with Gasteiger partial charge in [-0.1, -0.05) is 17.3 Å². The van der Waals surface area contributed by atoms with E-state index in [1.54, 1.807) is 16.9 Å². The zero-order chi connectivity index (χ0) is 11.9. The first-order valence-corrected chi connectivity index (χ1v) is 5.47. The van der Waals surface area contributed by atoms with Crippen LogP contribution in [0.3, 0.4) is 0 Å². The smallest absolute Gasteiger partial charge is 0.101 e. The quantitative estimate of drug-likeness (QED) is 0.789. The minimum absolute atomic E-state index is 0.674. The van der Waals surface area contributed by atoms with Crippen LogP contribution < -0.4 is 5.32 Å². The summed E-state index contributed by atoms with van der Waals surface area (Å²) >= 11 is 0. The number of hydrogen-bond donors (Lipinski definition) is 1. The maximum absolute atomic E-state index is 8.91. The third-order valence-electron chi connectivity index (χ3n) is 2.40. The monoisotopic (exact) mass is 227 g/mol. The van der Waals surface area contributed by atoms with E-state index in [2.05, 4.69) is 21.7 Å². The number of benzene rings is 1. The van der Waals surface area contributed by atoms with Crippen LogP contribution in [0, 0.1) is 11.3 Å². The fraction of sp³-hybridized carbons (Fsp3) is 0.250. The molecule has 2 aromatic rings. The van der Waals surface area contributed by atoms with Gasteiger partial charge in [-0.15, -0.1) is 5.10 Å². The van der Waals surface area contributed by atoms with Gasteiger partial charge in [-0.05, 0) is 18.6 Å². The largest absolute Gasteiger partial charge is 0.384 e. The second-order valence-electron chi connectivity index (χ2n) is 3.60. The summed E-state index contributed by atoms with van der Waals surface area (Å²) in [7, 11) is 0. The average Bonchev–Trinajstić information content (AvgIpc) is 2.88. The van der Waals surface area contributed by atoms with Crippen LogP contribution in [0.4, 0.5) is 5.69 Å². The number of aromatic nitrogens is 3. The molecule has 1 aromatic carbocycles. The van der Waals surface area contributed by atoms with Gasteiger partial charge in [0.25, 0.3) is 0 Å². The number of aryl methyl sites for hydroxylation is 1. The predicted octanol–water partition coefficient (Wildman–Crippen LogP) is 1.65. The fourth-order valence-electron chi connectivity index (χ4n) is 1.55. The molecule has 5 heteroatoms. The highest BCUT2D eigenvalue weighted by atomic mass is 15.4. The molecule has 0 atom stereocenters. The molecule has 5 nitrogen and oxygen atoms in total. The predicted molar refractivity (Wildman–Crippen MR) is 64.3 cm³/mol. The second kappa shape index (κ2) is 5.66.